The Hall–Kier alpha value is -1.45. The van der Waals surface area contributed by atoms with E-state index in [1.54, 1.807) is 17.0 Å². The van der Waals surface area contributed by atoms with Crippen molar-refractivity contribution in [2.45, 2.75) is 6.42 Å². The Morgan fingerprint density at radius 1 is 1.29 bits per heavy atom. The standard InChI is InChI=1S/C19H19BrClN3O3S/c20-17-5-4-15(27-17)18(25)24(7-1-6-23-8-10-26-11-9-23)19-22-14-3-2-13(21)12-16(14)28-19/h2-5,12H,1,6-11H2. The van der Waals surface area contributed by atoms with Crippen molar-refractivity contribution in [3.8, 4) is 0 Å². The van der Waals surface area contributed by atoms with Gasteiger partial charge in [-0.3, -0.25) is 14.6 Å². The van der Waals surface area contributed by atoms with Gasteiger partial charge in [-0.25, -0.2) is 4.98 Å². The highest BCUT2D eigenvalue weighted by molar-refractivity contribution is 9.10. The Morgan fingerprint density at radius 2 is 2.11 bits per heavy atom. The number of nitrogens with zero attached hydrogens (tertiary/aromatic N) is 3. The van der Waals surface area contributed by atoms with Crippen LogP contribution in [0.25, 0.3) is 10.2 Å². The molecule has 0 radical (unpaired) electrons. The predicted octanol–water partition coefficient (Wildman–Crippen LogP) is 4.67. The van der Waals surface area contributed by atoms with Crippen LogP contribution < -0.4 is 4.90 Å². The largest absolute Gasteiger partial charge is 0.444 e. The number of rotatable bonds is 6. The molecular formula is C19H19BrClN3O3S. The molecule has 2 aromatic heterocycles. The van der Waals surface area contributed by atoms with Gasteiger partial charge in [0.15, 0.2) is 15.6 Å². The molecule has 0 bridgehead atoms. The van der Waals surface area contributed by atoms with Gasteiger partial charge in [-0.2, -0.15) is 0 Å². The second-order valence-electron chi connectivity index (χ2n) is 6.48. The molecule has 0 atom stereocenters. The molecule has 0 saturated carbocycles. The molecule has 1 saturated heterocycles. The van der Waals surface area contributed by atoms with Crippen LogP contribution >= 0.6 is 38.9 Å². The van der Waals surface area contributed by atoms with Crippen LogP contribution in [-0.2, 0) is 4.74 Å². The van der Waals surface area contributed by atoms with Crippen LogP contribution in [0.4, 0.5) is 5.13 Å². The van der Waals surface area contributed by atoms with Crippen molar-refractivity contribution in [3.63, 3.8) is 0 Å². The summed E-state index contributed by atoms with van der Waals surface area (Å²) in [5, 5.41) is 1.31. The first-order chi connectivity index (χ1) is 13.6. The van der Waals surface area contributed by atoms with Gasteiger partial charge in [0.2, 0.25) is 0 Å². The fourth-order valence-electron chi connectivity index (χ4n) is 3.13. The van der Waals surface area contributed by atoms with Gasteiger partial charge in [-0.05, 0) is 52.7 Å². The van der Waals surface area contributed by atoms with Crippen molar-refractivity contribution < 1.29 is 13.9 Å². The maximum absolute atomic E-state index is 13.1. The summed E-state index contributed by atoms with van der Waals surface area (Å²) in [7, 11) is 0. The normalized spacial score (nSPS) is 15.2. The lowest BCUT2D eigenvalue weighted by Gasteiger charge is -2.27. The van der Waals surface area contributed by atoms with Crippen LogP contribution in [0.15, 0.2) is 39.4 Å². The number of carbonyl (C=O) groups is 1. The van der Waals surface area contributed by atoms with Gasteiger partial charge in [0.1, 0.15) is 0 Å². The van der Waals surface area contributed by atoms with Crippen LogP contribution in [0.1, 0.15) is 17.0 Å². The van der Waals surface area contributed by atoms with Crippen molar-refractivity contribution in [1.82, 2.24) is 9.88 Å². The van der Waals surface area contributed by atoms with E-state index in [1.165, 1.54) is 11.3 Å². The monoisotopic (exact) mass is 483 g/mol. The Kier molecular flexibility index (Phi) is 6.32. The first-order valence-corrected chi connectivity index (χ1v) is 11.0. The molecule has 4 rings (SSSR count). The van der Waals surface area contributed by atoms with Gasteiger partial charge in [0.25, 0.3) is 5.91 Å². The number of anilines is 1. The summed E-state index contributed by atoms with van der Waals surface area (Å²) in [5.41, 5.74) is 0.830. The molecule has 6 nitrogen and oxygen atoms in total. The average Bonchev–Trinajstić information content (AvgIpc) is 3.31. The third-order valence-electron chi connectivity index (χ3n) is 4.56. The maximum Gasteiger partial charge on any atom is 0.295 e. The molecule has 0 aliphatic carbocycles. The predicted molar refractivity (Wildman–Crippen MR) is 115 cm³/mol. The zero-order chi connectivity index (χ0) is 19.5. The number of carbonyl (C=O) groups excluding carboxylic acids is 1. The van der Waals surface area contributed by atoms with E-state index in [-0.39, 0.29) is 11.7 Å². The van der Waals surface area contributed by atoms with E-state index in [0.717, 1.165) is 49.5 Å². The van der Waals surface area contributed by atoms with Gasteiger partial charge < -0.3 is 9.15 Å². The number of halogens is 2. The minimum Gasteiger partial charge on any atom is -0.444 e. The maximum atomic E-state index is 13.1. The Labute approximate surface area is 180 Å². The summed E-state index contributed by atoms with van der Waals surface area (Å²) in [4.78, 5) is 21.8. The fraction of sp³-hybridized carbons (Fsp3) is 0.368. The number of fused-ring (bicyclic) bond motifs is 1. The third kappa shape index (κ3) is 4.58. The summed E-state index contributed by atoms with van der Waals surface area (Å²) >= 11 is 10.8. The molecule has 0 unspecified atom stereocenters. The Balaban J connectivity index is 1.55. The highest BCUT2D eigenvalue weighted by Crippen LogP contribution is 2.32. The van der Waals surface area contributed by atoms with E-state index in [1.807, 2.05) is 18.2 Å². The van der Waals surface area contributed by atoms with Crippen LogP contribution in [-0.4, -0.2) is 55.2 Å². The lowest BCUT2D eigenvalue weighted by atomic mass is 10.3. The SMILES string of the molecule is O=C(c1ccc(Br)o1)N(CCCN1CCOCC1)c1nc2ccc(Cl)cc2s1. The number of furan rings is 1. The van der Waals surface area contributed by atoms with Crippen LogP contribution in [0.3, 0.4) is 0 Å². The molecule has 9 heteroatoms. The van der Waals surface area contributed by atoms with Gasteiger partial charge in [-0.1, -0.05) is 22.9 Å². The van der Waals surface area contributed by atoms with E-state index in [2.05, 4.69) is 25.8 Å². The molecular weight excluding hydrogens is 466 g/mol. The van der Waals surface area contributed by atoms with Gasteiger partial charge >= 0.3 is 0 Å². The molecule has 3 aromatic rings. The quantitative estimate of drug-likeness (QED) is 0.509. The second-order valence-corrected chi connectivity index (χ2v) is 8.70. The molecule has 3 heterocycles. The Bertz CT molecular complexity index is 970. The number of thiazole rings is 1. The summed E-state index contributed by atoms with van der Waals surface area (Å²) in [6.07, 6.45) is 0.838. The summed E-state index contributed by atoms with van der Waals surface area (Å²) in [5.74, 6) is 0.0911. The lowest BCUT2D eigenvalue weighted by molar-refractivity contribution is 0.0376. The zero-order valence-electron chi connectivity index (χ0n) is 15.1. The molecule has 0 N–H and O–H groups in total. The van der Waals surface area contributed by atoms with E-state index in [0.29, 0.717) is 21.4 Å². The number of hydrogen-bond acceptors (Lipinski definition) is 6. The molecule has 1 aromatic carbocycles. The van der Waals surface area contributed by atoms with Crippen molar-refractivity contribution in [2.24, 2.45) is 0 Å². The van der Waals surface area contributed by atoms with E-state index in [4.69, 9.17) is 20.8 Å². The third-order valence-corrected chi connectivity index (χ3v) is 6.26. The number of benzene rings is 1. The minimum atomic E-state index is -0.196. The van der Waals surface area contributed by atoms with Crippen molar-refractivity contribution in [1.29, 1.82) is 0 Å². The number of amides is 1. The Morgan fingerprint density at radius 3 is 2.86 bits per heavy atom. The summed E-state index contributed by atoms with van der Waals surface area (Å²) in [6.45, 7) is 4.86. The van der Waals surface area contributed by atoms with E-state index >= 15 is 0 Å². The van der Waals surface area contributed by atoms with E-state index < -0.39 is 0 Å². The molecule has 1 fully saturated rings. The van der Waals surface area contributed by atoms with Crippen molar-refractivity contribution in [2.75, 3.05) is 44.3 Å². The average molecular weight is 485 g/mol. The summed E-state index contributed by atoms with van der Waals surface area (Å²) in [6, 6.07) is 8.94. The highest BCUT2D eigenvalue weighted by atomic mass is 79.9. The number of hydrogen-bond donors (Lipinski definition) is 0. The molecule has 1 aliphatic heterocycles. The number of aromatic nitrogens is 1. The number of ether oxygens (including phenoxy) is 1. The zero-order valence-corrected chi connectivity index (χ0v) is 18.2. The van der Waals surface area contributed by atoms with Crippen molar-refractivity contribution >= 4 is 60.1 Å². The van der Waals surface area contributed by atoms with E-state index in [9.17, 15) is 4.79 Å². The number of morpholine rings is 1. The van der Waals surface area contributed by atoms with Gasteiger partial charge in [0, 0.05) is 31.2 Å². The fourth-order valence-corrected chi connectivity index (χ4v) is 4.70. The summed E-state index contributed by atoms with van der Waals surface area (Å²) < 4.78 is 12.4. The highest BCUT2D eigenvalue weighted by Gasteiger charge is 2.24. The first-order valence-electron chi connectivity index (χ1n) is 9.03. The second kappa shape index (κ2) is 8.92. The van der Waals surface area contributed by atoms with Crippen LogP contribution in [0, 0.1) is 0 Å². The lowest BCUT2D eigenvalue weighted by Crippen LogP contribution is -2.39. The van der Waals surface area contributed by atoms with Crippen LogP contribution in [0.5, 0.6) is 0 Å². The molecule has 1 aliphatic rings. The van der Waals surface area contributed by atoms with Gasteiger partial charge in [-0.15, -0.1) is 0 Å². The van der Waals surface area contributed by atoms with Crippen LogP contribution in [0.2, 0.25) is 5.02 Å². The smallest absolute Gasteiger partial charge is 0.295 e. The minimum absolute atomic E-state index is 0.196. The topological polar surface area (TPSA) is 58.8 Å². The molecule has 0 spiro atoms. The molecule has 148 valence electrons. The van der Waals surface area contributed by atoms with Gasteiger partial charge in [0.05, 0.1) is 23.4 Å². The molecule has 28 heavy (non-hydrogen) atoms. The molecule has 1 amide bonds. The first kappa shape index (κ1) is 19.8. The van der Waals surface area contributed by atoms with Crippen molar-refractivity contribution in [3.05, 3.63) is 45.8 Å².